The Labute approximate surface area is 197 Å². The summed E-state index contributed by atoms with van der Waals surface area (Å²) >= 11 is 13.2. The number of oxime groups is 1. The van der Waals surface area contributed by atoms with Crippen molar-refractivity contribution in [1.82, 2.24) is 4.90 Å². The first kappa shape index (κ1) is 21.8. The number of piperidine rings is 1. The van der Waals surface area contributed by atoms with Gasteiger partial charge < -0.3 is 9.57 Å². The fourth-order valence-electron chi connectivity index (χ4n) is 3.94. The topological polar surface area (TPSA) is 51.1 Å². The lowest BCUT2D eigenvalue weighted by Gasteiger charge is -2.37. The van der Waals surface area contributed by atoms with E-state index in [1.165, 1.54) is 12.7 Å². The van der Waals surface area contributed by atoms with Crippen molar-refractivity contribution in [1.29, 1.82) is 0 Å². The van der Waals surface area contributed by atoms with Crippen LogP contribution in [0.4, 0.5) is 0 Å². The number of carbonyl (C=O) groups excluding carboxylic acids is 1. The first-order valence-electron chi connectivity index (χ1n) is 9.69. The number of ether oxygens (including phenoxy) is 1. The van der Waals surface area contributed by atoms with E-state index in [0.717, 1.165) is 59.1 Å². The molecular formula is C22H21Br2ClN2O3. The normalized spacial score (nSPS) is 18.2. The Kier molecular flexibility index (Phi) is 6.53. The zero-order chi connectivity index (χ0) is 21.3. The van der Waals surface area contributed by atoms with Crippen LogP contribution in [-0.4, -0.2) is 42.4 Å². The van der Waals surface area contributed by atoms with Gasteiger partial charge in [-0.3, -0.25) is 4.90 Å². The SMILES string of the molecule is COC(=O)c1ccc(C2=NOC3(CCN(Cc4cc(Br)c(Cl)c(Br)c4)CC3)C2)cc1. The Hall–Kier alpha value is -1.41. The lowest BCUT2D eigenvalue weighted by atomic mass is 9.85. The number of nitrogens with zero attached hydrogens (tertiary/aromatic N) is 2. The summed E-state index contributed by atoms with van der Waals surface area (Å²) in [6.07, 6.45) is 2.64. The molecule has 0 atom stereocenters. The average Bonchev–Trinajstić information content (AvgIpc) is 3.17. The first-order chi connectivity index (χ1) is 14.4. The molecule has 0 aliphatic carbocycles. The summed E-state index contributed by atoms with van der Waals surface area (Å²) in [5, 5.41) is 5.07. The number of benzene rings is 2. The molecule has 8 heteroatoms. The predicted octanol–water partition coefficient (Wildman–Crippen LogP) is 5.81. The number of hydrogen-bond acceptors (Lipinski definition) is 5. The number of esters is 1. The van der Waals surface area contributed by atoms with Gasteiger partial charge in [-0.1, -0.05) is 28.9 Å². The van der Waals surface area contributed by atoms with E-state index in [1.807, 2.05) is 12.1 Å². The number of carbonyl (C=O) groups is 1. The van der Waals surface area contributed by atoms with E-state index in [9.17, 15) is 4.79 Å². The second-order valence-corrected chi connectivity index (χ2v) is 9.79. The highest BCUT2D eigenvalue weighted by Gasteiger charge is 2.42. The van der Waals surface area contributed by atoms with E-state index in [-0.39, 0.29) is 11.6 Å². The van der Waals surface area contributed by atoms with Crippen molar-refractivity contribution in [2.45, 2.75) is 31.4 Å². The van der Waals surface area contributed by atoms with Crippen molar-refractivity contribution in [2.24, 2.45) is 5.16 Å². The molecule has 1 fully saturated rings. The summed E-state index contributed by atoms with van der Waals surface area (Å²) < 4.78 is 6.55. The highest BCUT2D eigenvalue weighted by Crippen LogP contribution is 2.37. The van der Waals surface area contributed by atoms with Crippen LogP contribution in [-0.2, 0) is 16.1 Å². The summed E-state index contributed by atoms with van der Waals surface area (Å²) in [5.74, 6) is -0.338. The maximum absolute atomic E-state index is 11.6. The molecule has 0 amide bonds. The van der Waals surface area contributed by atoms with Crippen LogP contribution in [0.15, 0.2) is 50.5 Å². The van der Waals surface area contributed by atoms with Gasteiger partial charge in [-0.05, 0) is 67.3 Å². The van der Waals surface area contributed by atoms with Gasteiger partial charge >= 0.3 is 5.97 Å². The molecule has 1 spiro atoms. The molecule has 30 heavy (non-hydrogen) atoms. The Morgan fingerprint density at radius 1 is 1.20 bits per heavy atom. The fraction of sp³-hybridized carbons (Fsp3) is 0.364. The maximum atomic E-state index is 11.6. The highest BCUT2D eigenvalue weighted by atomic mass is 79.9. The number of rotatable bonds is 4. The van der Waals surface area contributed by atoms with Gasteiger partial charge in [-0.15, -0.1) is 0 Å². The minimum absolute atomic E-state index is 0.228. The summed E-state index contributed by atoms with van der Waals surface area (Å²) in [6.45, 7) is 2.76. The molecule has 2 aromatic rings. The molecule has 0 N–H and O–H groups in total. The quantitative estimate of drug-likeness (QED) is 0.352. The van der Waals surface area contributed by atoms with Gasteiger partial charge in [-0.25, -0.2) is 4.79 Å². The van der Waals surface area contributed by atoms with Crippen molar-refractivity contribution in [3.8, 4) is 0 Å². The maximum Gasteiger partial charge on any atom is 0.337 e. The molecular weight excluding hydrogens is 536 g/mol. The van der Waals surface area contributed by atoms with Crippen LogP contribution in [0.2, 0.25) is 5.02 Å². The van der Waals surface area contributed by atoms with Gasteiger partial charge in [0.2, 0.25) is 0 Å². The summed E-state index contributed by atoms with van der Waals surface area (Å²) in [6, 6.07) is 11.5. The molecule has 0 unspecified atom stereocenters. The molecule has 5 nitrogen and oxygen atoms in total. The molecule has 0 aromatic heterocycles. The molecule has 2 aliphatic heterocycles. The smallest absolute Gasteiger partial charge is 0.337 e. The van der Waals surface area contributed by atoms with Crippen molar-refractivity contribution < 1.29 is 14.4 Å². The first-order valence-corrected chi connectivity index (χ1v) is 11.7. The lowest BCUT2D eigenvalue weighted by molar-refractivity contribution is -0.0627. The second-order valence-electron chi connectivity index (χ2n) is 7.71. The Balaban J connectivity index is 1.35. The molecule has 1 saturated heterocycles. The molecule has 4 rings (SSSR count). The van der Waals surface area contributed by atoms with Crippen LogP contribution in [0.1, 0.15) is 40.7 Å². The second kappa shape index (κ2) is 8.99. The Bertz CT molecular complexity index is 963. The number of likely N-dealkylation sites (tertiary alicyclic amines) is 1. The van der Waals surface area contributed by atoms with Gasteiger partial charge in [0.15, 0.2) is 0 Å². The zero-order valence-corrected chi connectivity index (χ0v) is 20.4. The van der Waals surface area contributed by atoms with Gasteiger partial charge in [0.25, 0.3) is 0 Å². The van der Waals surface area contributed by atoms with E-state index in [1.54, 1.807) is 12.1 Å². The molecule has 2 heterocycles. The van der Waals surface area contributed by atoms with Gasteiger partial charge in [0, 0.05) is 47.8 Å². The van der Waals surface area contributed by atoms with Crippen LogP contribution in [0.5, 0.6) is 0 Å². The third kappa shape index (κ3) is 4.59. The molecule has 0 radical (unpaired) electrons. The molecule has 2 aromatic carbocycles. The third-order valence-electron chi connectivity index (χ3n) is 5.70. The van der Waals surface area contributed by atoms with Crippen LogP contribution in [0, 0.1) is 0 Å². The van der Waals surface area contributed by atoms with Crippen LogP contribution in [0.25, 0.3) is 0 Å². The monoisotopic (exact) mass is 554 g/mol. The Morgan fingerprint density at radius 3 is 2.43 bits per heavy atom. The number of halogens is 3. The predicted molar refractivity (Wildman–Crippen MR) is 124 cm³/mol. The largest absolute Gasteiger partial charge is 0.465 e. The van der Waals surface area contributed by atoms with Crippen LogP contribution >= 0.6 is 43.5 Å². The summed E-state index contributed by atoms with van der Waals surface area (Å²) in [4.78, 5) is 20.0. The van der Waals surface area contributed by atoms with Crippen molar-refractivity contribution in [3.63, 3.8) is 0 Å². The van der Waals surface area contributed by atoms with Crippen molar-refractivity contribution in [2.75, 3.05) is 20.2 Å². The Morgan fingerprint density at radius 2 is 1.83 bits per heavy atom. The van der Waals surface area contributed by atoms with Crippen molar-refractivity contribution >= 4 is 55.1 Å². The molecule has 158 valence electrons. The minimum atomic E-state index is -0.338. The van der Waals surface area contributed by atoms with Crippen LogP contribution < -0.4 is 0 Å². The lowest BCUT2D eigenvalue weighted by Crippen LogP contribution is -2.44. The third-order valence-corrected chi connectivity index (χ3v) is 7.81. The standard InChI is InChI=1S/C22H21Br2ClN2O3/c1-29-21(28)16-4-2-15(3-5-16)19-12-22(30-26-19)6-8-27(9-7-22)13-14-10-17(23)20(25)18(24)11-14/h2-5,10-11H,6-9,12-13H2,1H3. The fourth-order valence-corrected chi connectivity index (χ4v) is 5.33. The zero-order valence-electron chi connectivity index (χ0n) is 16.5. The van der Waals surface area contributed by atoms with Gasteiger partial charge in [0.1, 0.15) is 5.60 Å². The molecule has 0 bridgehead atoms. The van der Waals surface area contributed by atoms with E-state index < -0.39 is 0 Å². The highest BCUT2D eigenvalue weighted by molar-refractivity contribution is 9.11. The minimum Gasteiger partial charge on any atom is -0.465 e. The van der Waals surface area contributed by atoms with Gasteiger partial charge in [-0.2, -0.15) is 0 Å². The molecule has 2 aliphatic rings. The van der Waals surface area contributed by atoms with Gasteiger partial charge in [0.05, 0.1) is 23.4 Å². The number of hydrogen-bond donors (Lipinski definition) is 0. The van der Waals surface area contributed by atoms with E-state index in [4.69, 9.17) is 21.2 Å². The van der Waals surface area contributed by atoms with Crippen molar-refractivity contribution in [3.05, 3.63) is 67.1 Å². The van der Waals surface area contributed by atoms with E-state index >= 15 is 0 Å². The number of methoxy groups -OCH3 is 1. The summed E-state index contributed by atoms with van der Waals surface area (Å²) in [5.41, 5.74) is 3.44. The van der Waals surface area contributed by atoms with E-state index in [2.05, 4.69) is 54.0 Å². The van der Waals surface area contributed by atoms with E-state index in [0.29, 0.717) is 10.6 Å². The average molecular weight is 557 g/mol. The molecule has 0 saturated carbocycles. The summed E-state index contributed by atoms with van der Waals surface area (Å²) in [7, 11) is 1.38. The van der Waals surface area contributed by atoms with Crippen LogP contribution in [0.3, 0.4) is 0 Å².